The first-order chi connectivity index (χ1) is 9.11. The molecule has 19 heavy (non-hydrogen) atoms. The van der Waals surface area contributed by atoms with E-state index in [1.807, 2.05) is 0 Å². The summed E-state index contributed by atoms with van der Waals surface area (Å²) in [5, 5.41) is 1.17. The molecule has 2 aromatic rings. The Morgan fingerprint density at radius 3 is 3.11 bits per heavy atom. The van der Waals surface area contributed by atoms with Gasteiger partial charge in [-0.2, -0.15) is 0 Å². The Bertz CT molecular complexity index is 597. The third-order valence-corrected chi connectivity index (χ3v) is 4.77. The minimum atomic E-state index is -0.0689. The molecule has 2 aromatic heterocycles. The van der Waals surface area contributed by atoms with E-state index in [-0.39, 0.29) is 5.60 Å². The maximum atomic E-state index is 5.90. The van der Waals surface area contributed by atoms with Crippen LogP contribution in [0, 0.1) is 6.92 Å². The standard InChI is InChI=1S/C14H19N3OS/c1-4-14(3)8-17(5-6-18-14)12-11-7-10(2)19-13(11)16-9-15-12/h7,9H,4-6,8H2,1-3H3. The number of aryl methyl sites for hydroxylation is 1. The Morgan fingerprint density at radius 2 is 2.32 bits per heavy atom. The lowest BCUT2D eigenvalue weighted by Gasteiger charge is -2.40. The molecule has 3 heterocycles. The molecule has 102 valence electrons. The summed E-state index contributed by atoms with van der Waals surface area (Å²) in [5.74, 6) is 1.05. The number of rotatable bonds is 2. The Balaban J connectivity index is 1.99. The van der Waals surface area contributed by atoms with Crippen LogP contribution in [0.5, 0.6) is 0 Å². The van der Waals surface area contributed by atoms with Crippen molar-refractivity contribution in [3.63, 3.8) is 0 Å². The van der Waals surface area contributed by atoms with E-state index in [1.54, 1.807) is 17.7 Å². The minimum absolute atomic E-state index is 0.0689. The summed E-state index contributed by atoms with van der Waals surface area (Å²) in [6.07, 6.45) is 2.69. The van der Waals surface area contributed by atoms with Gasteiger partial charge in [0.25, 0.3) is 0 Å². The van der Waals surface area contributed by atoms with Gasteiger partial charge in [-0.3, -0.25) is 0 Å². The number of fused-ring (bicyclic) bond motifs is 1. The molecule has 0 saturated carbocycles. The van der Waals surface area contributed by atoms with Crippen LogP contribution in [0.25, 0.3) is 10.2 Å². The minimum Gasteiger partial charge on any atom is -0.372 e. The fraction of sp³-hybridized carbons (Fsp3) is 0.571. The molecule has 1 fully saturated rings. The molecule has 1 unspecified atom stereocenters. The summed E-state index contributed by atoms with van der Waals surface area (Å²) in [5.41, 5.74) is -0.0689. The van der Waals surface area contributed by atoms with Crippen molar-refractivity contribution in [2.75, 3.05) is 24.6 Å². The normalized spacial score (nSPS) is 24.1. The molecule has 1 aliphatic heterocycles. The Labute approximate surface area is 117 Å². The molecule has 0 N–H and O–H groups in total. The molecular formula is C14H19N3OS. The van der Waals surface area contributed by atoms with Crippen LogP contribution in [0.15, 0.2) is 12.4 Å². The number of nitrogens with zero attached hydrogens (tertiary/aromatic N) is 3. The van der Waals surface area contributed by atoms with E-state index >= 15 is 0 Å². The highest BCUT2D eigenvalue weighted by Gasteiger charge is 2.31. The summed E-state index contributed by atoms with van der Waals surface area (Å²) < 4.78 is 5.90. The van der Waals surface area contributed by atoms with Gasteiger partial charge >= 0.3 is 0 Å². The quantitative estimate of drug-likeness (QED) is 0.846. The zero-order chi connectivity index (χ0) is 13.5. The highest BCUT2D eigenvalue weighted by Crippen LogP contribution is 2.32. The number of thiophene rings is 1. The molecule has 0 spiro atoms. The van der Waals surface area contributed by atoms with Crippen LogP contribution >= 0.6 is 11.3 Å². The Hall–Kier alpha value is -1.20. The van der Waals surface area contributed by atoms with Gasteiger partial charge in [0.2, 0.25) is 0 Å². The molecule has 0 aliphatic carbocycles. The van der Waals surface area contributed by atoms with E-state index in [0.29, 0.717) is 0 Å². The highest BCUT2D eigenvalue weighted by molar-refractivity contribution is 7.18. The molecule has 0 amide bonds. The average molecular weight is 277 g/mol. The van der Waals surface area contributed by atoms with E-state index in [9.17, 15) is 0 Å². The van der Waals surface area contributed by atoms with Gasteiger partial charge in [0.1, 0.15) is 17.0 Å². The van der Waals surface area contributed by atoms with Gasteiger partial charge in [0.15, 0.2) is 0 Å². The largest absolute Gasteiger partial charge is 0.372 e. The lowest BCUT2D eigenvalue weighted by Crippen LogP contribution is -2.50. The van der Waals surface area contributed by atoms with Gasteiger partial charge in [-0.05, 0) is 26.3 Å². The van der Waals surface area contributed by atoms with Crippen molar-refractivity contribution < 1.29 is 4.74 Å². The molecule has 0 radical (unpaired) electrons. The maximum absolute atomic E-state index is 5.90. The topological polar surface area (TPSA) is 38.2 Å². The van der Waals surface area contributed by atoms with Gasteiger partial charge in [-0.15, -0.1) is 11.3 Å². The Kier molecular flexibility index (Phi) is 3.19. The van der Waals surface area contributed by atoms with Crippen LogP contribution in [0.1, 0.15) is 25.1 Å². The predicted octanol–water partition coefficient (Wildman–Crippen LogP) is 3.01. The van der Waals surface area contributed by atoms with E-state index in [1.165, 1.54) is 10.3 Å². The number of ether oxygens (including phenoxy) is 1. The zero-order valence-electron chi connectivity index (χ0n) is 11.6. The SMILES string of the molecule is CCC1(C)CN(c2ncnc3sc(C)cc23)CCO1. The highest BCUT2D eigenvalue weighted by atomic mass is 32.1. The van der Waals surface area contributed by atoms with Gasteiger partial charge in [-0.25, -0.2) is 9.97 Å². The van der Waals surface area contributed by atoms with Crippen molar-refractivity contribution in [2.24, 2.45) is 0 Å². The fourth-order valence-corrected chi connectivity index (χ4v) is 3.38. The lowest BCUT2D eigenvalue weighted by molar-refractivity contribution is -0.0442. The number of morpholine rings is 1. The molecule has 0 bridgehead atoms. The van der Waals surface area contributed by atoms with E-state index in [0.717, 1.165) is 36.8 Å². The predicted molar refractivity (Wildman–Crippen MR) is 79.0 cm³/mol. The van der Waals surface area contributed by atoms with Gasteiger partial charge in [0.05, 0.1) is 17.6 Å². The smallest absolute Gasteiger partial charge is 0.140 e. The van der Waals surface area contributed by atoms with Crippen LogP contribution in [-0.4, -0.2) is 35.3 Å². The van der Waals surface area contributed by atoms with Gasteiger partial charge in [-0.1, -0.05) is 6.92 Å². The molecule has 5 heteroatoms. The molecule has 0 aromatic carbocycles. The van der Waals surface area contributed by atoms with Crippen molar-refractivity contribution >= 4 is 27.4 Å². The molecule has 4 nitrogen and oxygen atoms in total. The van der Waals surface area contributed by atoms with Crippen LogP contribution in [0.4, 0.5) is 5.82 Å². The second-order valence-electron chi connectivity index (χ2n) is 5.35. The van der Waals surface area contributed by atoms with E-state index in [4.69, 9.17) is 4.74 Å². The maximum Gasteiger partial charge on any atom is 0.140 e. The second kappa shape index (κ2) is 4.72. The number of anilines is 1. The van der Waals surface area contributed by atoms with Crippen molar-refractivity contribution in [3.8, 4) is 0 Å². The van der Waals surface area contributed by atoms with Crippen LogP contribution in [-0.2, 0) is 4.74 Å². The second-order valence-corrected chi connectivity index (χ2v) is 6.58. The van der Waals surface area contributed by atoms with E-state index in [2.05, 4.69) is 41.7 Å². The first-order valence-electron chi connectivity index (χ1n) is 6.71. The number of hydrogen-bond acceptors (Lipinski definition) is 5. The molecule has 1 atom stereocenters. The van der Waals surface area contributed by atoms with Crippen molar-refractivity contribution in [1.82, 2.24) is 9.97 Å². The summed E-state index contributed by atoms with van der Waals surface area (Å²) >= 11 is 1.73. The van der Waals surface area contributed by atoms with Gasteiger partial charge in [0, 0.05) is 18.0 Å². The summed E-state index contributed by atoms with van der Waals surface area (Å²) in [6, 6.07) is 2.19. The monoisotopic (exact) mass is 277 g/mol. The van der Waals surface area contributed by atoms with Crippen molar-refractivity contribution in [2.45, 2.75) is 32.8 Å². The Morgan fingerprint density at radius 1 is 1.47 bits per heavy atom. The zero-order valence-corrected chi connectivity index (χ0v) is 12.5. The molecule has 1 saturated heterocycles. The summed E-state index contributed by atoms with van der Waals surface area (Å²) in [4.78, 5) is 13.6. The lowest BCUT2D eigenvalue weighted by atomic mass is 10.0. The molecule has 1 aliphatic rings. The van der Waals surface area contributed by atoms with Crippen LogP contribution in [0.3, 0.4) is 0 Å². The summed E-state index contributed by atoms with van der Waals surface area (Å²) in [6.45, 7) is 9.02. The van der Waals surface area contributed by atoms with Crippen LogP contribution in [0.2, 0.25) is 0 Å². The number of aromatic nitrogens is 2. The van der Waals surface area contributed by atoms with E-state index < -0.39 is 0 Å². The van der Waals surface area contributed by atoms with Gasteiger partial charge < -0.3 is 9.64 Å². The van der Waals surface area contributed by atoms with Crippen LogP contribution < -0.4 is 4.90 Å². The third-order valence-electron chi connectivity index (χ3n) is 3.82. The van der Waals surface area contributed by atoms with Crippen molar-refractivity contribution in [3.05, 3.63) is 17.3 Å². The average Bonchev–Trinajstić information content (AvgIpc) is 2.78. The molecule has 3 rings (SSSR count). The summed E-state index contributed by atoms with van der Waals surface area (Å²) in [7, 11) is 0. The molecular weight excluding hydrogens is 258 g/mol. The first-order valence-corrected chi connectivity index (χ1v) is 7.53. The fourth-order valence-electron chi connectivity index (χ4n) is 2.54. The first kappa shape index (κ1) is 12.8. The third kappa shape index (κ3) is 2.32. The van der Waals surface area contributed by atoms with Crippen molar-refractivity contribution in [1.29, 1.82) is 0 Å². The number of hydrogen-bond donors (Lipinski definition) is 0.